The lowest BCUT2D eigenvalue weighted by atomic mass is 9.89. The Bertz CT molecular complexity index is 676. The second-order valence-corrected chi connectivity index (χ2v) is 7.90. The molecule has 6 heteroatoms. The molecule has 0 saturated carbocycles. The van der Waals surface area contributed by atoms with Crippen LogP contribution in [-0.4, -0.2) is 50.1 Å². The predicted octanol–water partition coefficient (Wildman–Crippen LogP) is 2.63. The lowest BCUT2D eigenvalue weighted by molar-refractivity contribution is -0.119. The van der Waals surface area contributed by atoms with Gasteiger partial charge < -0.3 is 20.7 Å². The molecule has 1 aromatic carbocycles. The SMILES string of the molecule is CN=C(NCCCOC1CCCc2ccccc21)N1CCCC(CC(N)=O)C1. The summed E-state index contributed by atoms with van der Waals surface area (Å²) in [7, 11) is 1.81. The van der Waals surface area contributed by atoms with Gasteiger partial charge in [0.05, 0.1) is 6.10 Å². The molecule has 154 valence electrons. The van der Waals surface area contributed by atoms with Crippen molar-refractivity contribution in [3.63, 3.8) is 0 Å². The van der Waals surface area contributed by atoms with E-state index in [1.165, 1.54) is 24.0 Å². The summed E-state index contributed by atoms with van der Waals surface area (Å²) in [5.74, 6) is 1.04. The van der Waals surface area contributed by atoms with E-state index in [0.717, 1.165) is 57.9 Å². The van der Waals surface area contributed by atoms with Crippen LogP contribution in [0.2, 0.25) is 0 Å². The Labute approximate surface area is 168 Å². The number of nitrogens with one attached hydrogen (secondary N) is 1. The minimum Gasteiger partial charge on any atom is -0.373 e. The molecule has 1 saturated heterocycles. The minimum atomic E-state index is -0.212. The van der Waals surface area contributed by atoms with Crippen molar-refractivity contribution in [3.05, 3.63) is 35.4 Å². The van der Waals surface area contributed by atoms with Crippen LogP contribution in [0.5, 0.6) is 0 Å². The van der Waals surface area contributed by atoms with E-state index in [1.54, 1.807) is 0 Å². The lowest BCUT2D eigenvalue weighted by Gasteiger charge is -2.34. The van der Waals surface area contributed by atoms with Crippen molar-refractivity contribution < 1.29 is 9.53 Å². The Hall–Kier alpha value is -2.08. The second kappa shape index (κ2) is 10.5. The topological polar surface area (TPSA) is 80.0 Å². The van der Waals surface area contributed by atoms with Gasteiger partial charge in [-0.1, -0.05) is 24.3 Å². The third kappa shape index (κ3) is 5.71. The largest absolute Gasteiger partial charge is 0.373 e. The summed E-state index contributed by atoms with van der Waals surface area (Å²) in [6, 6.07) is 8.65. The van der Waals surface area contributed by atoms with E-state index in [-0.39, 0.29) is 12.0 Å². The number of hydrogen-bond acceptors (Lipinski definition) is 3. The number of amides is 1. The Morgan fingerprint density at radius 2 is 2.18 bits per heavy atom. The van der Waals surface area contributed by atoms with Crippen LogP contribution >= 0.6 is 0 Å². The third-order valence-electron chi connectivity index (χ3n) is 5.76. The highest BCUT2D eigenvalue weighted by Crippen LogP contribution is 2.32. The molecule has 2 aliphatic rings. The molecular formula is C22H34N4O2. The fourth-order valence-corrected chi connectivity index (χ4v) is 4.42. The molecule has 1 heterocycles. The molecule has 1 aliphatic heterocycles. The molecule has 2 atom stereocenters. The smallest absolute Gasteiger partial charge is 0.217 e. The molecule has 3 N–H and O–H groups in total. The van der Waals surface area contributed by atoms with E-state index >= 15 is 0 Å². The first-order valence-electron chi connectivity index (χ1n) is 10.6. The Morgan fingerprint density at radius 1 is 1.32 bits per heavy atom. The first-order valence-corrected chi connectivity index (χ1v) is 10.6. The monoisotopic (exact) mass is 386 g/mol. The molecular weight excluding hydrogens is 352 g/mol. The van der Waals surface area contributed by atoms with Gasteiger partial charge in [-0.2, -0.15) is 0 Å². The van der Waals surface area contributed by atoms with E-state index in [2.05, 4.69) is 39.5 Å². The maximum Gasteiger partial charge on any atom is 0.217 e. The maximum absolute atomic E-state index is 11.2. The number of carbonyl (C=O) groups is 1. The molecule has 28 heavy (non-hydrogen) atoms. The number of nitrogens with two attached hydrogens (primary N) is 1. The first-order chi connectivity index (χ1) is 13.7. The quantitative estimate of drug-likeness (QED) is 0.429. The number of carbonyl (C=O) groups excluding carboxylic acids is 1. The van der Waals surface area contributed by atoms with Crippen LogP contribution in [0.1, 0.15) is 55.8 Å². The van der Waals surface area contributed by atoms with Crippen LogP contribution in [0.4, 0.5) is 0 Å². The molecule has 1 amide bonds. The average molecular weight is 387 g/mol. The summed E-state index contributed by atoms with van der Waals surface area (Å²) in [6.07, 6.45) is 7.26. The summed E-state index contributed by atoms with van der Waals surface area (Å²) in [5, 5.41) is 3.45. The number of aliphatic imine (C=N–C) groups is 1. The summed E-state index contributed by atoms with van der Waals surface area (Å²) in [4.78, 5) is 17.9. The number of piperidine rings is 1. The van der Waals surface area contributed by atoms with Gasteiger partial charge in [0.15, 0.2) is 5.96 Å². The van der Waals surface area contributed by atoms with Crippen LogP contribution in [0.3, 0.4) is 0 Å². The van der Waals surface area contributed by atoms with Gasteiger partial charge in [0.2, 0.25) is 5.91 Å². The molecule has 1 fully saturated rings. The van der Waals surface area contributed by atoms with Crippen molar-refractivity contribution in [1.29, 1.82) is 0 Å². The van der Waals surface area contributed by atoms with Gasteiger partial charge in [0.1, 0.15) is 0 Å². The molecule has 0 spiro atoms. The first kappa shape index (κ1) is 20.6. The molecule has 0 aromatic heterocycles. The van der Waals surface area contributed by atoms with Gasteiger partial charge in [0.25, 0.3) is 0 Å². The molecule has 0 radical (unpaired) electrons. The highest BCUT2D eigenvalue weighted by Gasteiger charge is 2.23. The number of guanidine groups is 1. The number of fused-ring (bicyclic) bond motifs is 1. The van der Waals surface area contributed by atoms with Gasteiger partial charge in [-0.15, -0.1) is 0 Å². The number of aryl methyl sites for hydroxylation is 1. The molecule has 1 aromatic rings. The zero-order valence-corrected chi connectivity index (χ0v) is 17.0. The van der Waals surface area contributed by atoms with Crippen LogP contribution in [0.25, 0.3) is 0 Å². The number of ether oxygens (including phenoxy) is 1. The molecule has 0 bridgehead atoms. The zero-order chi connectivity index (χ0) is 19.8. The maximum atomic E-state index is 11.2. The normalized spacial score (nSPS) is 22.6. The zero-order valence-electron chi connectivity index (χ0n) is 17.0. The van der Waals surface area contributed by atoms with E-state index in [9.17, 15) is 4.79 Å². The lowest BCUT2D eigenvalue weighted by Crippen LogP contribution is -2.47. The fourth-order valence-electron chi connectivity index (χ4n) is 4.42. The van der Waals surface area contributed by atoms with Gasteiger partial charge in [-0.3, -0.25) is 9.79 Å². The van der Waals surface area contributed by atoms with Crippen LogP contribution in [0.15, 0.2) is 29.3 Å². The van der Waals surface area contributed by atoms with Crippen molar-refractivity contribution in [3.8, 4) is 0 Å². The van der Waals surface area contributed by atoms with E-state index in [4.69, 9.17) is 10.5 Å². The summed E-state index contributed by atoms with van der Waals surface area (Å²) in [6.45, 7) is 3.40. The number of nitrogens with zero attached hydrogens (tertiary/aromatic N) is 2. The number of primary amides is 1. The Kier molecular flexibility index (Phi) is 7.71. The van der Waals surface area contributed by atoms with E-state index in [1.807, 2.05) is 7.05 Å². The molecule has 6 nitrogen and oxygen atoms in total. The number of likely N-dealkylation sites (tertiary alicyclic amines) is 1. The van der Waals surface area contributed by atoms with Gasteiger partial charge >= 0.3 is 0 Å². The summed E-state index contributed by atoms with van der Waals surface area (Å²) in [5.41, 5.74) is 8.17. The second-order valence-electron chi connectivity index (χ2n) is 7.90. The third-order valence-corrected chi connectivity index (χ3v) is 5.76. The standard InChI is InChI=1S/C22H34N4O2/c1-24-22(26-13-5-7-17(16-26)15-21(23)27)25-12-6-14-28-20-11-4-9-18-8-2-3-10-19(18)20/h2-3,8,10,17,20H,4-7,9,11-16H2,1H3,(H2,23,27)(H,24,25). The molecule has 1 aliphatic carbocycles. The summed E-state index contributed by atoms with van der Waals surface area (Å²) >= 11 is 0. The van der Waals surface area contributed by atoms with Crippen molar-refractivity contribution in [1.82, 2.24) is 10.2 Å². The number of hydrogen-bond donors (Lipinski definition) is 2. The summed E-state index contributed by atoms with van der Waals surface area (Å²) < 4.78 is 6.19. The van der Waals surface area contributed by atoms with Gasteiger partial charge in [-0.05, 0) is 55.6 Å². The molecule has 3 rings (SSSR count). The Morgan fingerprint density at radius 3 is 3.00 bits per heavy atom. The van der Waals surface area contributed by atoms with Crippen LogP contribution < -0.4 is 11.1 Å². The van der Waals surface area contributed by atoms with E-state index in [0.29, 0.717) is 12.3 Å². The van der Waals surface area contributed by atoms with Gasteiger partial charge in [0, 0.05) is 39.7 Å². The van der Waals surface area contributed by atoms with Crippen molar-refractivity contribution in [2.75, 3.05) is 33.3 Å². The highest BCUT2D eigenvalue weighted by molar-refractivity contribution is 5.80. The Balaban J connectivity index is 1.39. The van der Waals surface area contributed by atoms with Gasteiger partial charge in [-0.25, -0.2) is 0 Å². The minimum absolute atomic E-state index is 0.212. The van der Waals surface area contributed by atoms with Crippen molar-refractivity contribution >= 4 is 11.9 Å². The van der Waals surface area contributed by atoms with E-state index < -0.39 is 0 Å². The average Bonchev–Trinajstić information content (AvgIpc) is 2.70. The van der Waals surface area contributed by atoms with Crippen molar-refractivity contribution in [2.24, 2.45) is 16.6 Å². The molecule has 2 unspecified atom stereocenters. The predicted molar refractivity (Wildman–Crippen MR) is 112 cm³/mol. The number of benzene rings is 1. The highest BCUT2D eigenvalue weighted by atomic mass is 16.5. The van der Waals surface area contributed by atoms with Crippen LogP contribution in [0, 0.1) is 5.92 Å². The number of rotatable bonds is 7. The van der Waals surface area contributed by atoms with Crippen molar-refractivity contribution in [2.45, 2.75) is 51.0 Å². The van der Waals surface area contributed by atoms with Crippen LogP contribution in [-0.2, 0) is 16.0 Å². The fraction of sp³-hybridized carbons (Fsp3) is 0.636.